The molecule has 0 spiro atoms. The van der Waals surface area contributed by atoms with Gasteiger partial charge in [-0.25, -0.2) is 4.98 Å². The molecule has 5 heteroatoms. The van der Waals surface area contributed by atoms with E-state index in [1.54, 1.807) is 0 Å². The van der Waals surface area contributed by atoms with Crippen molar-refractivity contribution in [3.63, 3.8) is 0 Å². The number of rotatable bonds is 7. The van der Waals surface area contributed by atoms with Gasteiger partial charge in [-0.1, -0.05) is 72.8 Å². The zero-order valence-electron chi connectivity index (χ0n) is 18.7. The van der Waals surface area contributed by atoms with Crippen LogP contribution in [0.1, 0.15) is 41.8 Å². The maximum atomic E-state index is 13.0. The molecule has 1 atom stereocenters. The van der Waals surface area contributed by atoms with Crippen LogP contribution >= 0.6 is 0 Å². The number of carbonyl (C=O) groups excluding carboxylic acids is 1. The largest absolute Gasteiger partial charge is 0.440 e. The molecule has 1 fully saturated rings. The van der Waals surface area contributed by atoms with Gasteiger partial charge in [0.2, 0.25) is 5.91 Å². The first-order chi connectivity index (χ1) is 16.2. The van der Waals surface area contributed by atoms with E-state index in [1.165, 1.54) is 5.56 Å². The Kier molecular flexibility index (Phi) is 6.49. The Morgan fingerprint density at radius 2 is 1.61 bits per heavy atom. The highest BCUT2D eigenvalue weighted by atomic mass is 16.3. The summed E-state index contributed by atoms with van der Waals surface area (Å²) in [7, 11) is 0. The van der Waals surface area contributed by atoms with Crippen LogP contribution in [0.25, 0.3) is 11.1 Å². The molecule has 2 heterocycles. The van der Waals surface area contributed by atoms with Crippen molar-refractivity contribution in [2.45, 2.75) is 31.2 Å². The van der Waals surface area contributed by atoms with E-state index < -0.39 is 0 Å². The monoisotopic (exact) mass is 439 g/mol. The van der Waals surface area contributed by atoms with Crippen molar-refractivity contribution >= 4 is 17.0 Å². The van der Waals surface area contributed by atoms with Crippen molar-refractivity contribution in [3.8, 4) is 0 Å². The summed E-state index contributed by atoms with van der Waals surface area (Å²) >= 11 is 0. The lowest BCUT2D eigenvalue weighted by atomic mass is 9.96. The second-order valence-corrected chi connectivity index (χ2v) is 8.79. The first-order valence-corrected chi connectivity index (χ1v) is 11.7. The number of aromatic nitrogens is 1. The number of likely N-dealkylation sites (tertiary alicyclic amines) is 1. The molecule has 1 aliphatic heterocycles. The molecule has 33 heavy (non-hydrogen) atoms. The summed E-state index contributed by atoms with van der Waals surface area (Å²) in [5.41, 5.74) is 4.11. The predicted molar refractivity (Wildman–Crippen MR) is 130 cm³/mol. The number of hydrogen-bond acceptors (Lipinski definition) is 4. The molecule has 0 radical (unpaired) electrons. The van der Waals surface area contributed by atoms with E-state index in [-0.39, 0.29) is 11.9 Å². The number of hydrogen-bond donors (Lipinski definition) is 1. The second-order valence-electron chi connectivity index (χ2n) is 8.79. The Labute approximate surface area is 194 Å². The number of fused-ring (bicyclic) bond motifs is 1. The zero-order chi connectivity index (χ0) is 22.5. The van der Waals surface area contributed by atoms with Crippen LogP contribution in [-0.4, -0.2) is 35.4 Å². The fraction of sp³-hybridized carbons (Fsp3) is 0.286. The lowest BCUT2D eigenvalue weighted by molar-refractivity contribution is -0.123. The van der Waals surface area contributed by atoms with Gasteiger partial charge in [-0.3, -0.25) is 9.69 Å². The molecule has 0 saturated carbocycles. The van der Waals surface area contributed by atoms with Crippen LogP contribution in [0.5, 0.6) is 0 Å². The molecule has 1 saturated heterocycles. The molecular formula is C28H29N3O2. The quantitative estimate of drug-likeness (QED) is 0.435. The Hall–Kier alpha value is -3.44. The van der Waals surface area contributed by atoms with Gasteiger partial charge in [0.25, 0.3) is 0 Å². The van der Waals surface area contributed by atoms with E-state index in [0.29, 0.717) is 12.5 Å². The number of amides is 1. The van der Waals surface area contributed by atoms with Crippen LogP contribution in [-0.2, 0) is 11.2 Å². The number of benzene rings is 3. The summed E-state index contributed by atoms with van der Waals surface area (Å²) in [5.74, 6) is 1.21. The average molecular weight is 440 g/mol. The lowest BCUT2D eigenvalue weighted by Gasteiger charge is -2.30. The normalized spacial score (nSPS) is 16.0. The van der Waals surface area contributed by atoms with Gasteiger partial charge in [0.05, 0.1) is 12.6 Å². The molecule has 1 N–H and O–H groups in total. The molecular weight excluding hydrogens is 410 g/mol. The first kappa shape index (κ1) is 21.4. The standard InChI is InChI=1S/C28H29N3O2/c32-27(29-25(22-11-5-2-6-12-22)19-21-9-3-1-4-10-21)20-31-17-15-23(16-18-31)28-30-24-13-7-8-14-26(24)33-28/h1-14,23,25H,15-20H2,(H,29,32). The third-order valence-electron chi connectivity index (χ3n) is 6.43. The van der Waals surface area contributed by atoms with Crippen LogP contribution < -0.4 is 5.32 Å². The van der Waals surface area contributed by atoms with Crippen molar-refractivity contribution in [1.29, 1.82) is 0 Å². The number of piperidine rings is 1. The smallest absolute Gasteiger partial charge is 0.234 e. The molecule has 1 aliphatic rings. The number of nitrogens with zero attached hydrogens (tertiary/aromatic N) is 2. The van der Waals surface area contributed by atoms with E-state index in [1.807, 2.05) is 60.7 Å². The van der Waals surface area contributed by atoms with Gasteiger partial charge in [-0.2, -0.15) is 0 Å². The van der Waals surface area contributed by atoms with Crippen molar-refractivity contribution in [2.75, 3.05) is 19.6 Å². The Morgan fingerprint density at radius 3 is 2.33 bits per heavy atom. The molecule has 5 nitrogen and oxygen atoms in total. The summed E-state index contributed by atoms with van der Waals surface area (Å²) in [6.07, 6.45) is 2.68. The van der Waals surface area contributed by atoms with Crippen LogP contribution in [0.15, 0.2) is 89.3 Å². The van der Waals surface area contributed by atoms with Crippen molar-refractivity contribution in [2.24, 2.45) is 0 Å². The molecule has 3 aromatic carbocycles. The fourth-order valence-electron chi connectivity index (χ4n) is 4.63. The molecule has 0 aliphatic carbocycles. The fourth-order valence-corrected chi connectivity index (χ4v) is 4.63. The minimum absolute atomic E-state index is 0.0432. The molecule has 4 aromatic rings. The maximum absolute atomic E-state index is 13.0. The maximum Gasteiger partial charge on any atom is 0.234 e. The van der Waals surface area contributed by atoms with Crippen molar-refractivity contribution < 1.29 is 9.21 Å². The lowest BCUT2D eigenvalue weighted by Crippen LogP contribution is -2.42. The highest BCUT2D eigenvalue weighted by Gasteiger charge is 2.26. The van der Waals surface area contributed by atoms with Crippen LogP contribution in [0.3, 0.4) is 0 Å². The number of carbonyl (C=O) groups is 1. The summed E-state index contributed by atoms with van der Waals surface area (Å²) in [4.78, 5) is 19.9. The summed E-state index contributed by atoms with van der Waals surface area (Å²) < 4.78 is 5.97. The van der Waals surface area contributed by atoms with Crippen LogP contribution in [0, 0.1) is 0 Å². The van der Waals surface area contributed by atoms with Crippen LogP contribution in [0.4, 0.5) is 0 Å². The van der Waals surface area contributed by atoms with Gasteiger partial charge >= 0.3 is 0 Å². The van der Waals surface area contributed by atoms with E-state index in [9.17, 15) is 4.79 Å². The van der Waals surface area contributed by atoms with Gasteiger partial charge < -0.3 is 9.73 Å². The molecule has 1 aromatic heterocycles. The Morgan fingerprint density at radius 1 is 0.939 bits per heavy atom. The Bertz CT molecular complexity index is 1150. The number of oxazole rings is 1. The topological polar surface area (TPSA) is 58.4 Å². The van der Waals surface area contributed by atoms with Gasteiger partial charge in [0.15, 0.2) is 11.5 Å². The predicted octanol–water partition coefficient (Wildman–Crippen LogP) is 5.11. The number of nitrogens with one attached hydrogen (secondary N) is 1. The number of para-hydroxylation sites is 2. The summed E-state index contributed by atoms with van der Waals surface area (Å²) in [6, 6.07) is 28.4. The van der Waals surface area contributed by atoms with E-state index in [0.717, 1.165) is 54.9 Å². The average Bonchev–Trinajstić information content (AvgIpc) is 3.30. The van der Waals surface area contributed by atoms with Crippen LogP contribution in [0.2, 0.25) is 0 Å². The SMILES string of the molecule is O=C(CN1CCC(c2nc3ccccc3o2)CC1)NC(Cc1ccccc1)c1ccccc1. The summed E-state index contributed by atoms with van der Waals surface area (Å²) in [5, 5.41) is 3.28. The minimum Gasteiger partial charge on any atom is -0.440 e. The van der Waals surface area contributed by atoms with Gasteiger partial charge in [0.1, 0.15) is 5.52 Å². The highest BCUT2D eigenvalue weighted by molar-refractivity contribution is 5.78. The molecule has 168 valence electrons. The summed E-state index contributed by atoms with van der Waals surface area (Å²) in [6.45, 7) is 2.15. The third kappa shape index (κ3) is 5.32. The highest BCUT2D eigenvalue weighted by Crippen LogP contribution is 2.29. The van der Waals surface area contributed by atoms with E-state index >= 15 is 0 Å². The van der Waals surface area contributed by atoms with Crippen molar-refractivity contribution in [1.82, 2.24) is 15.2 Å². The first-order valence-electron chi connectivity index (χ1n) is 11.7. The molecule has 1 unspecified atom stereocenters. The molecule has 0 bridgehead atoms. The van der Waals surface area contributed by atoms with Gasteiger partial charge in [-0.05, 0) is 55.6 Å². The van der Waals surface area contributed by atoms with Crippen molar-refractivity contribution in [3.05, 3.63) is 102 Å². The van der Waals surface area contributed by atoms with Gasteiger partial charge in [-0.15, -0.1) is 0 Å². The molecule has 5 rings (SSSR count). The van der Waals surface area contributed by atoms with E-state index in [4.69, 9.17) is 4.42 Å². The second kappa shape index (κ2) is 10.0. The van der Waals surface area contributed by atoms with Gasteiger partial charge in [0, 0.05) is 5.92 Å². The Balaban J connectivity index is 1.18. The zero-order valence-corrected chi connectivity index (χ0v) is 18.7. The minimum atomic E-state index is -0.0432. The van der Waals surface area contributed by atoms with E-state index in [2.05, 4.69) is 39.5 Å². The molecule has 1 amide bonds. The third-order valence-corrected chi connectivity index (χ3v) is 6.43.